The molecule has 0 heterocycles. The molecule has 0 rings (SSSR count). The maximum atomic E-state index is 10.8. The van der Waals surface area contributed by atoms with Gasteiger partial charge in [-0.05, 0) is 17.9 Å². The van der Waals surface area contributed by atoms with Gasteiger partial charge in [-0.15, -0.1) is 0 Å². The van der Waals surface area contributed by atoms with Crippen molar-refractivity contribution in [3.8, 4) is 0 Å². The molecular weight excluding hydrogens is 328 g/mol. The second-order valence-electron chi connectivity index (χ2n) is 5.71. The molecule has 0 radical (unpaired) electrons. The van der Waals surface area contributed by atoms with Gasteiger partial charge in [-0.25, -0.2) is 10.1 Å². The molecule has 0 aromatic heterocycles. The van der Waals surface area contributed by atoms with Gasteiger partial charge in [0.1, 0.15) is 0 Å². The van der Waals surface area contributed by atoms with Gasteiger partial charge in [-0.3, -0.25) is 4.89 Å². The Kier molecular flexibility index (Phi) is 19.1. The van der Waals surface area contributed by atoms with Crippen molar-refractivity contribution >= 4 is 5.97 Å². The summed E-state index contributed by atoms with van der Waals surface area (Å²) in [5, 5.41) is 11.1. The van der Waals surface area contributed by atoms with E-state index < -0.39 is 5.97 Å². The Labute approximate surface area is 157 Å². The number of hydrogen-bond acceptors (Lipinski definition) is 4. The molecule has 0 unspecified atom stereocenters. The maximum absolute atomic E-state index is 10.8. The lowest BCUT2D eigenvalue weighted by molar-refractivity contribution is -0.460. The highest BCUT2D eigenvalue weighted by Gasteiger charge is 1.93. The predicted molar refractivity (Wildman–Crippen MR) is 107 cm³/mol. The fourth-order valence-corrected chi connectivity index (χ4v) is 2.11. The van der Waals surface area contributed by atoms with E-state index in [9.17, 15) is 4.79 Å². The summed E-state index contributed by atoms with van der Waals surface area (Å²) >= 11 is 0. The van der Waals surface area contributed by atoms with E-state index in [1.807, 2.05) is 36.5 Å². The van der Waals surface area contributed by atoms with Crippen LogP contribution in [0.15, 0.2) is 72.9 Å². The van der Waals surface area contributed by atoms with E-state index in [4.69, 9.17) is 5.26 Å². The van der Waals surface area contributed by atoms with Crippen molar-refractivity contribution in [2.24, 2.45) is 0 Å². The highest BCUT2D eigenvalue weighted by atomic mass is 17.5. The third-order valence-corrected chi connectivity index (χ3v) is 3.46. The Morgan fingerprint density at radius 1 is 0.731 bits per heavy atom. The van der Waals surface area contributed by atoms with Crippen molar-refractivity contribution < 1.29 is 20.0 Å². The van der Waals surface area contributed by atoms with E-state index >= 15 is 0 Å². The summed E-state index contributed by atoms with van der Waals surface area (Å²) in [6.45, 7) is 2.25. The van der Waals surface area contributed by atoms with Gasteiger partial charge >= 0.3 is 5.97 Å². The molecule has 0 aromatic carbocycles. The van der Waals surface area contributed by atoms with E-state index in [0.717, 1.165) is 12.5 Å². The number of rotatable bonds is 15. The minimum absolute atomic E-state index is 0.786. The first-order chi connectivity index (χ1) is 12.8. The van der Waals surface area contributed by atoms with Crippen LogP contribution in [0.1, 0.15) is 58.3 Å². The van der Waals surface area contributed by atoms with Crippen molar-refractivity contribution in [3.05, 3.63) is 72.9 Å². The lowest BCUT2D eigenvalue weighted by atomic mass is 10.1. The second kappa shape index (κ2) is 20.9. The number of allylic oxidation sites excluding steroid dienone is 11. The molecule has 4 nitrogen and oxygen atoms in total. The fraction of sp³-hybridized carbons (Fsp3) is 0.409. The van der Waals surface area contributed by atoms with Crippen molar-refractivity contribution in [1.82, 2.24) is 0 Å². The molecule has 0 amide bonds. The van der Waals surface area contributed by atoms with E-state index in [0.29, 0.717) is 0 Å². The largest absolute Gasteiger partial charge is 0.369 e. The monoisotopic (exact) mass is 360 g/mol. The molecular formula is C22H32O4. The summed E-state index contributed by atoms with van der Waals surface area (Å²) in [4.78, 5) is 14.6. The van der Waals surface area contributed by atoms with Crippen LogP contribution >= 0.6 is 0 Å². The zero-order valence-electron chi connectivity index (χ0n) is 15.8. The number of hydrogen-bond donors (Lipinski definition) is 1. The Hall–Kier alpha value is -2.17. The zero-order chi connectivity index (χ0) is 19.1. The van der Waals surface area contributed by atoms with Crippen molar-refractivity contribution in [1.29, 1.82) is 0 Å². The molecule has 0 aliphatic carbocycles. The molecule has 26 heavy (non-hydrogen) atoms. The highest BCUT2D eigenvalue weighted by molar-refractivity contribution is 5.81. The van der Waals surface area contributed by atoms with Gasteiger partial charge in [-0.2, -0.15) is 0 Å². The van der Waals surface area contributed by atoms with Crippen molar-refractivity contribution in [2.45, 2.75) is 58.3 Å². The first-order valence-corrected chi connectivity index (χ1v) is 9.33. The van der Waals surface area contributed by atoms with Gasteiger partial charge in [0, 0.05) is 6.08 Å². The minimum atomic E-state index is -0.786. The van der Waals surface area contributed by atoms with Gasteiger partial charge in [-0.1, -0.05) is 112 Å². The smallest absolute Gasteiger partial charge is 0.264 e. The predicted octanol–water partition coefficient (Wildman–Crippen LogP) is 6.41. The van der Waals surface area contributed by atoms with Gasteiger partial charge in [0.05, 0.1) is 0 Å². The number of unbranched alkanes of at least 4 members (excludes halogenated alkanes) is 7. The Morgan fingerprint density at radius 3 is 1.81 bits per heavy atom. The van der Waals surface area contributed by atoms with Gasteiger partial charge in [0.2, 0.25) is 0 Å². The molecule has 0 spiro atoms. The first-order valence-electron chi connectivity index (χ1n) is 9.33. The quantitative estimate of drug-likeness (QED) is 0.120. The number of carbonyl (C=O) groups is 1. The van der Waals surface area contributed by atoms with Gasteiger partial charge in [0.15, 0.2) is 0 Å². The summed E-state index contributed by atoms with van der Waals surface area (Å²) < 4.78 is 0. The molecule has 0 bridgehead atoms. The molecule has 0 saturated heterocycles. The third kappa shape index (κ3) is 19.9. The van der Waals surface area contributed by atoms with Crippen LogP contribution in [-0.4, -0.2) is 11.2 Å². The van der Waals surface area contributed by atoms with Crippen molar-refractivity contribution in [2.75, 3.05) is 0 Å². The minimum Gasteiger partial charge on any atom is -0.264 e. The Balaban J connectivity index is 3.64. The standard InChI is InChI=1S/C22H32O4/c1-2-3-4-5-6-7-8-9-10-11-12-13-14-15-16-17-18-19-20-21-22(23)25-26-24/h10-21,24H,2-9H2,1H3/b11-10+,13-12+,15-14+,17-16+,19-18+,21-20+. The average Bonchev–Trinajstić information content (AvgIpc) is 2.64. The van der Waals surface area contributed by atoms with Crippen LogP contribution in [0.25, 0.3) is 0 Å². The molecule has 0 atom stereocenters. The van der Waals surface area contributed by atoms with Crippen LogP contribution < -0.4 is 0 Å². The SMILES string of the molecule is CCCCCCCCC/C=C/C=C/C=C/C=C/C=C/C=C/C(=O)OOO. The maximum Gasteiger partial charge on any atom is 0.369 e. The topological polar surface area (TPSA) is 55.8 Å². The molecule has 0 saturated carbocycles. The first kappa shape index (κ1) is 23.8. The second-order valence-corrected chi connectivity index (χ2v) is 5.71. The number of carbonyl (C=O) groups excluding carboxylic acids is 1. The summed E-state index contributed by atoms with van der Waals surface area (Å²) in [6, 6.07) is 0. The van der Waals surface area contributed by atoms with E-state index in [1.165, 1.54) is 51.0 Å². The van der Waals surface area contributed by atoms with Crippen LogP contribution in [0, 0.1) is 0 Å². The normalized spacial score (nSPS) is 12.8. The summed E-state index contributed by atoms with van der Waals surface area (Å²) in [5.74, 6) is -0.786. The average molecular weight is 360 g/mol. The van der Waals surface area contributed by atoms with Gasteiger partial charge < -0.3 is 0 Å². The lowest BCUT2D eigenvalue weighted by Gasteiger charge is -1.98. The Morgan fingerprint density at radius 2 is 1.23 bits per heavy atom. The fourth-order valence-electron chi connectivity index (χ4n) is 2.11. The molecule has 0 aromatic rings. The molecule has 1 N–H and O–H groups in total. The highest BCUT2D eigenvalue weighted by Crippen LogP contribution is 2.08. The molecule has 4 heteroatoms. The Bertz CT molecular complexity index is 496. The third-order valence-electron chi connectivity index (χ3n) is 3.46. The summed E-state index contributed by atoms with van der Waals surface area (Å²) in [6.07, 6.45) is 32.5. The van der Waals surface area contributed by atoms with Gasteiger partial charge in [0.25, 0.3) is 0 Å². The van der Waals surface area contributed by atoms with E-state index in [1.54, 1.807) is 12.2 Å². The van der Waals surface area contributed by atoms with E-state index in [2.05, 4.69) is 29.0 Å². The van der Waals surface area contributed by atoms with Crippen LogP contribution in [-0.2, 0) is 14.7 Å². The summed E-state index contributed by atoms with van der Waals surface area (Å²) in [7, 11) is 0. The molecule has 144 valence electrons. The molecule has 0 fully saturated rings. The van der Waals surface area contributed by atoms with Crippen molar-refractivity contribution in [3.63, 3.8) is 0 Å². The lowest BCUT2D eigenvalue weighted by Crippen LogP contribution is -1.97. The molecule has 0 aliphatic heterocycles. The van der Waals surface area contributed by atoms with Crippen LogP contribution in [0.2, 0.25) is 0 Å². The van der Waals surface area contributed by atoms with Crippen LogP contribution in [0.5, 0.6) is 0 Å². The summed E-state index contributed by atoms with van der Waals surface area (Å²) in [5.41, 5.74) is 0. The van der Waals surface area contributed by atoms with E-state index in [-0.39, 0.29) is 0 Å². The van der Waals surface area contributed by atoms with Crippen LogP contribution in [0.4, 0.5) is 0 Å². The zero-order valence-corrected chi connectivity index (χ0v) is 15.8. The molecule has 0 aliphatic rings. The van der Waals surface area contributed by atoms with Crippen LogP contribution in [0.3, 0.4) is 0 Å².